The highest BCUT2D eigenvalue weighted by atomic mass is 32.2. The molecule has 1 aliphatic rings. The summed E-state index contributed by atoms with van der Waals surface area (Å²) in [6, 6.07) is 1.99. The Morgan fingerprint density at radius 1 is 1.41 bits per heavy atom. The zero-order valence-electron chi connectivity index (χ0n) is 12.6. The summed E-state index contributed by atoms with van der Waals surface area (Å²) in [6.07, 6.45) is 5.34. The summed E-state index contributed by atoms with van der Waals surface area (Å²) < 4.78 is 22.5. The van der Waals surface area contributed by atoms with Gasteiger partial charge in [0.25, 0.3) is 0 Å². The molecule has 0 aromatic carbocycles. The van der Waals surface area contributed by atoms with Crippen LogP contribution in [0.15, 0.2) is 18.6 Å². The minimum absolute atomic E-state index is 0.0627. The molecule has 1 unspecified atom stereocenters. The lowest BCUT2D eigenvalue weighted by Crippen LogP contribution is -2.38. The summed E-state index contributed by atoms with van der Waals surface area (Å²) in [4.78, 5) is 14.0. The summed E-state index contributed by atoms with van der Waals surface area (Å²) in [5.41, 5.74) is 0.842. The highest BCUT2D eigenvalue weighted by Crippen LogP contribution is 2.30. The van der Waals surface area contributed by atoms with Crippen molar-refractivity contribution in [3.8, 4) is 0 Å². The van der Waals surface area contributed by atoms with E-state index in [0.29, 0.717) is 5.92 Å². The van der Waals surface area contributed by atoms with Gasteiger partial charge in [0.05, 0.1) is 11.1 Å². The standard InChI is InChI=1S/C14H21N5O2S/c1-10(8-22(15,20)21)11-3-6-19(7-4-11)14-12-2-5-16-13(12)17-9-18-14/h2,5,9-11H,3-4,6-8H2,1H3,(H2,15,20,21)(H,16,17,18). The van der Waals surface area contributed by atoms with Crippen molar-refractivity contribution in [1.82, 2.24) is 15.0 Å². The fraction of sp³-hybridized carbons (Fsp3) is 0.571. The fourth-order valence-corrected chi connectivity index (χ4v) is 4.30. The van der Waals surface area contributed by atoms with Crippen LogP contribution in [0.25, 0.3) is 11.0 Å². The number of fused-ring (bicyclic) bond motifs is 1. The summed E-state index contributed by atoms with van der Waals surface area (Å²) in [5.74, 6) is 1.49. The molecule has 22 heavy (non-hydrogen) atoms. The van der Waals surface area contributed by atoms with Crippen molar-refractivity contribution >= 4 is 26.9 Å². The number of sulfonamides is 1. The van der Waals surface area contributed by atoms with E-state index in [-0.39, 0.29) is 11.7 Å². The van der Waals surface area contributed by atoms with E-state index >= 15 is 0 Å². The Balaban J connectivity index is 1.68. The number of nitrogens with zero attached hydrogens (tertiary/aromatic N) is 3. The maximum absolute atomic E-state index is 11.2. The first-order valence-electron chi connectivity index (χ1n) is 7.47. The van der Waals surface area contributed by atoms with Crippen molar-refractivity contribution in [1.29, 1.82) is 0 Å². The number of aromatic nitrogens is 3. The number of nitrogens with one attached hydrogen (secondary N) is 1. The Morgan fingerprint density at radius 3 is 2.82 bits per heavy atom. The van der Waals surface area contributed by atoms with Crippen LogP contribution >= 0.6 is 0 Å². The third-order valence-electron chi connectivity index (χ3n) is 4.47. The molecular formula is C14H21N5O2S. The van der Waals surface area contributed by atoms with Crippen LogP contribution in [-0.2, 0) is 10.0 Å². The van der Waals surface area contributed by atoms with Crippen molar-refractivity contribution in [2.45, 2.75) is 19.8 Å². The molecule has 0 bridgehead atoms. The maximum Gasteiger partial charge on any atom is 0.209 e. The lowest BCUT2D eigenvalue weighted by atomic mass is 9.86. The summed E-state index contributed by atoms with van der Waals surface area (Å²) in [7, 11) is -3.40. The van der Waals surface area contributed by atoms with Crippen LogP contribution in [0.3, 0.4) is 0 Å². The van der Waals surface area contributed by atoms with Gasteiger partial charge in [-0.2, -0.15) is 0 Å². The van der Waals surface area contributed by atoms with Gasteiger partial charge in [-0.15, -0.1) is 0 Å². The molecule has 2 aromatic heterocycles. The van der Waals surface area contributed by atoms with E-state index in [1.165, 1.54) is 0 Å². The SMILES string of the molecule is CC(CS(N)(=O)=O)C1CCN(c2ncnc3[nH]ccc23)CC1. The highest BCUT2D eigenvalue weighted by molar-refractivity contribution is 7.89. The average Bonchev–Trinajstić information content (AvgIpc) is 2.94. The van der Waals surface area contributed by atoms with Crippen LogP contribution < -0.4 is 10.0 Å². The number of primary sulfonamides is 1. The molecule has 1 atom stereocenters. The first kappa shape index (κ1) is 15.2. The molecule has 7 nitrogen and oxygen atoms in total. The van der Waals surface area contributed by atoms with Gasteiger partial charge >= 0.3 is 0 Å². The van der Waals surface area contributed by atoms with Crippen LogP contribution in [0.2, 0.25) is 0 Å². The number of nitrogens with two attached hydrogens (primary N) is 1. The average molecular weight is 323 g/mol. The third kappa shape index (κ3) is 3.22. The van der Waals surface area contributed by atoms with Crippen LogP contribution in [-0.4, -0.2) is 42.2 Å². The third-order valence-corrected chi connectivity index (χ3v) is 5.46. The van der Waals surface area contributed by atoms with E-state index in [2.05, 4.69) is 19.9 Å². The Kier molecular flexibility index (Phi) is 4.05. The molecule has 0 aliphatic carbocycles. The molecular weight excluding hydrogens is 302 g/mol. The monoisotopic (exact) mass is 323 g/mol. The maximum atomic E-state index is 11.2. The van der Waals surface area contributed by atoms with Gasteiger partial charge in [0.2, 0.25) is 10.0 Å². The van der Waals surface area contributed by atoms with Crippen molar-refractivity contribution < 1.29 is 8.42 Å². The largest absolute Gasteiger partial charge is 0.356 e. The van der Waals surface area contributed by atoms with E-state index in [4.69, 9.17) is 5.14 Å². The Hall–Kier alpha value is -1.67. The molecule has 120 valence electrons. The number of aromatic amines is 1. The van der Waals surface area contributed by atoms with Gasteiger partial charge < -0.3 is 9.88 Å². The predicted octanol–water partition coefficient (Wildman–Crippen LogP) is 1.10. The van der Waals surface area contributed by atoms with Crippen LogP contribution in [0, 0.1) is 11.8 Å². The van der Waals surface area contributed by atoms with Crippen molar-refractivity contribution in [3.05, 3.63) is 18.6 Å². The number of hydrogen-bond donors (Lipinski definition) is 2. The van der Waals surface area contributed by atoms with Gasteiger partial charge in [-0.3, -0.25) is 0 Å². The summed E-state index contributed by atoms with van der Waals surface area (Å²) in [6.45, 7) is 3.72. The van der Waals surface area contributed by atoms with Gasteiger partial charge in [-0.05, 0) is 30.7 Å². The second kappa shape index (κ2) is 5.85. The first-order valence-corrected chi connectivity index (χ1v) is 9.19. The predicted molar refractivity (Wildman–Crippen MR) is 86.0 cm³/mol. The fourth-order valence-electron chi connectivity index (χ4n) is 3.29. The van der Waals surface area contributed by atoms with E-state index in [1.54, 1.807) is 6.33 Å². The van der Waals surface area contributed by atoms with Gasteiger partial charge in [0.1, 0.15) is 17.8 Å². The molecule has 0 saturated carbocycles. The van der Waals surface area contributed by atoms with E-state index < -0.39 is 10.0 Å². The van der Waals surface area contributed by atoms with Crippen molar-refractivity contribution in [2.75, 3.05) is 23.7 Å². The van der Waals surface area contributed by atoms with Gasteiger partial charge in [-0.25, -0.2) is 23.5 Å². The van der Waals surface area contributed by atoms with Crippen molar-refractivity contribution in [2.24, 2.45) is 17.0 Å². The molecule has 3 heterocycles. The molecule has 0 spiro atoms. The van der Waals surface area contributed by atoms with Crippen LogP contribution in [0.5, 0.6) is 0 Å². The molecule has 1 saturated heterocycles. The number of H-pyrrole nitrogens is 1. The minimum atomic E-state index is -3.40. The van der Waals surface area contributed by atoms with Crippen LogP contribution in [0.4, 0.5) is 5.82 Å². The molecule has 1 aliphatic heterocycles. The smallest absolute Gasteiger partial charge is 0.209 e. The second-order valence-electron chi connectivity index (χ2n) is 6.07. The topological polar surface area (TPSA) is 105 Å². The molecule has 3 N–H and O–H groups in total. The Morgan fingerprint density at radius 2 is 2.14 bits per heavy atom. The van der Waals surface area contributed by atoms with Gasteiger partial charge in [-0.1, -0.05) is 6.92 Å². The lowest BCUT2D eigenvalue weighted by Gasteiger charge is -2.35. The zero-order chi connectivity index (χ0) is 15.7. The van der Waals surface area contributed by atoms with E-state index in [1.807, 2.05) is 19.2 Å². The van der Waals surface area contributed by atoms with Gasteiger partial charge in [0.15, 0.2) is 0 Å². The summed E-state index contributed by atoms with van der Waals surface area (Å²) >= 11 is 0. The van der Waals surface area contributed by atoms with Crippen molar-refractivity contribution in [3.63, 3.8) is 0 Å². The molecule has 8 heteroatoms. The quantitative estimate of drug-likeness (QED) is 0.876. The molecule has 0 amide bonds. The molecule has 1 fully saturated rings. The molecule has 2 aromatic rings. The number of rotatable bonds is 4. The number of anilines is 1. The van der Waals surface area contributed by atoms with E-state index in [9.17, 15) is 8.42 Å². The first-order chi connectivity index (χ1) is 10.4. The lowest BCUT2D eigenvalue weighted by molar-refractivity contribution is 0.312. The molecule has 0 radical (unpaired) electrons. The summed E-state index contributed by atoms with van der Waals surface area (Å²) in [5, 5.41) is 6.18. The Bertz CT molecular complexity index is 749. The van der Waals surface area contributed by atoms with Gasteiger partial charge in [0, 0.05) is 19.3 Å². The van der Waals surface area contributed by atoms with E-state index in [0.717, 1.165) is 42.8 Å². The number of piperidine rings is 1. The zero-order valence-corrected chi connectivity index (χ0v) is 13.4. The minimum Gasteiger partial charge on any atom is -0.356 e. The Labute approximate surface area is 130 Å². The second-order valence-corrected chi connectivity index (χ2v) is 7.73. The highest BCUT2D eigenvalue weighted by Gasteiger charge is 2.27. The normalized spacial score (nSPS) is 18.7. The molecule has 3 rings (SSSR count). The van der Waals surface area contributed by atoms with Crippen LogP contribution in [0.1, 0.15) is 19.8 Å². The number of hydrogen-bond acceptors (Lipinski definition) is 5.